The zero-order valence-corrected chi connectivity index (χ0v) is 14.3. The molecule has 1 saturated heterocycles. The van der Waals surface area contributed by atoms with E-state index in [1.54, 1.807) is 0 Å². The smallest absolute Gasteiger partial charge is 0.142 e. The summed E-state index contributed by atoms with van der Waals surface area (Å²) in [6.07, 6.45) is 6.58. The molecule has 2 aliphatic heterocycles. The van der Waals surface area contributed by atoms with Crippen molar-refractivity contribution < 1.29 is 4.74 Å². The molecule has 0 saturated carbocycles. The number of anilines is 1. The van der Waals surface area contributed by atoms with Crippen LogP contribution in [0.5, 0.6) is 5.75 Å². The van der Waals surface area contributed by atoms with Gasteiger partial charge in [-0.15, -0.1) is 0 Å². The monoisotopic (exact) mass is 302 g/mol. The van der Waals surface area contributed by atoms with Gasteiger partial charge in [0.2, 0.25) is 0 Å². The molecule has 2 heterocycles. The van der Waals surface area contributed by atoms with Gasteiger partial charge in [-0.2, -0.15) is 0 Å². The number of hydrogen-bond acceptors (Lipinski definition) is 3. The number of nitrogens with one attached hydrogen (secondary N) is 1. The first-order valence-corrected chi connectivity index (χ1v) is 8.96. The molecule has 0 radical (unpaired) electrons. The minimum absolute atomic E-state index is 0.312. The molecule has 3 nitrogen and oxygen atoms in total. The third-order valence-electron chi connectivity index (χ3n) is 5.26. The maximum Gasteiger partial charge on any atom is 0.142 e. The Balaban J connectivity index is 1.66. The second-order valence-electron chi connectivity index (χ2n) is 7.00. The Morgan fingerprint density at radius 2 is 2.23 bits per heavy atom. The summed E-state index contributed by atoms with van der Waals surface area (Å²) in [4.78, 5) is 2.68. The SMILES string of the molecule is CCC1CNc2cc(CC(C)N3CCCCC3C)ccc2O1. The number of nitrogens with zero attached hydrogens (tertiary/aromatic N) is 1. The van der Waals surface area contributed by atoms with Crippen molar-refractivity contribution in [3.8, 4) is 5.75 Å². The van der Waals surface area contributed by atoms with Gasteiger partial charge in [0.1, 0.15) is 11.9 Å². The average Bonchev–Trinajstić information content (AvgIpc) is 2.54. The van der Waals surface area contributed by atoms with Crippen molar-refractivity contribution in [1.29, 1.82) is 0 Å². The van der Waals surface area contributed by atoms with Crippen LogP contribution in [0.3, 0.4) is 0 Å². The average molecular weight is 302 g/mol. The summed E-state index contributed by atoms with van der Waals surface area (Å²) < 4.78 is 6.00. The zero-order valence-electron chi connectivity index (χ0n) is 14.3. The van der Waals surface area contributed by atoms with E-state index in [1.165, 1.54) is 37.1 Å². The lowest BCUT2D eigenvalue weighted by atomic mass is 9.98. The van der Waals surface area contributed by atoms with E-state index in [1.807, 2.05) is 0 Å². The third-order valence-corrected chi connectivity index (χ3v) is 5.26. The summed E-state index contributed by atoms with van der Waals surface area (Å²) in [6.45, 7) is 9.10. The van der Waals surface area contributed by atoms with E-state index in [-0.39, 0.29) is 0 Å². The number of hydrogen-bond donors (Lipinski definition) is 1. The van der Waals surface area contributed by atoms with Crippen LogP contribution in [0.1, 0.15) is 52.0 Å². The van der Waals surface area contributed by atoms with E-state index >= 15 is 0 Å². The van der Waals surface area contributed by atoms with E-state index < -0.39 is 0 Å². The molecule has 3 atom stereocenters. The highest BCUT2D eigenvalue weighted by molar-refractivity contribution is 5.59. The Labute approximate surface area is 135 Å². The van der Waals surface area contributed by atoms with Crippen molar-refractivity contribution in [2.75, 3.05) is 18.4 Å². The molecule has 0 aromatic heterocycles. The Kier molecular flexibility index (Phi) is 4.92. The fraction of sp³-hybridized carbons (Fsp3) is 0.684. The zero-order chi connectivity index (χ0) is 15.5. The fourth-order valence-electron chi connectivity index (χ4n) is 3.85. The van der Waals surface area contributed by atoms with Crippen LogP contribution in [0.4, 0.5) is 5.69 Å². The highest BCUT2D eigenvalue weighted by Gasteiger charge is 2.24. The summed E-state index contributed by atoms with van der Waals surface area (Å²) in [7, 11) is 0. The van der Waals surface area contributed by atoms with Gasteiger partial charge in [0.05, 0.1) is 12.2 Å². The maximum atomic E-state index is 6.00. The normalized spacial score (nSPS) is 26.7. The first-order valence-electron chi connectivity index (χ1n) is 8.96. The molecule has 1 aromatic rings. The van der Waals surface area contributed by atoms with Crippen molar-refractivity contribution >= 4 is 5.69 Å². The maximum absolute atomic E-state index is 6.00. The van der Waals surface area contributed by atoms with E-state index in [2.05, 4.69) is 49.2 Å². The molecule has 3 unspecified atom stereocenters. The largest absolute Gasteiger partial charge is 0.486 e. The topological polar surface area (TPSA) is 24.5 Å². The van der Waals surface area contributed by atoms with Gasteiger partial charge in [0.15, 0.2) is 0 Å². The lowest BCUT2D eigenvalue weighted by molar-refractivity contribution is 0.114. The molecule has 0 amide bonds. The van der Waals surface area contributed by atoms with Crippen molar-refractivity contribution in [2.45, 2.75) is 71.1 Å². The van der Waals surface area contributed by atoms with Crippen LogP contribution in [0, 0.1) is 0 Å². The summed E-state index contributed by atoms with van der Waals surface area (Å²) in [6, 6.07) is 8.01. The number of fused-ring (bicyclic) bond motifs is 1. The lowest BCUT2D eigenvalue weighted by Crippen LogP contribution is -2.44. The highest BCUT2D eigenvalue weighted by atomic mass is 16.5. The van der Waals surface area contributed by atoms with Gasteiger partial charge >= 0.3 is 0 Å². The Bertz CT molecular complexity index is 502. The predicted octanol–water partition coefficient (Wildman–Crippen LogP) is 4.07. The molecule has 22 heavy (non-hydrogen) atoms. The van der Waals surface area contributed by atoms with Crippen LogP contribution >= 0.6 is 0 Å². The predicted molar refractivity (Wildman–Crippen MR) is 92.8 cm³/mol. The molecular weight excluding hydrogens is 272 g/mol. The van der Waals surface area contributed by atoms with Gasteiger partial charge in [0.25, 0.3) is 0 Å². The van der Waals surface area contributed by atoms with Gasteiger partial charge in [-0.05, 0) is 63.8 Å². The quantitative estimate of drug-likeness (QED) is 0.907. The van der Waals surface area contributed by atoms with Crippen LogP contribution in [0.25, 0.3) is 0 Å². The van der Waals surface area contributed by atoms with E-state index in [9.17, 15) is 0 Å². The number of likely N-dealkylation sites (tertiary alicyclic amines) is 1. The molecule has 3 rings (SSSR count). The summed E-state index contributed by atoms with van der Waals surface area (Å²) in [5.74, 6) is 1.01. The van der Waals surface area contributed by atoms with Crippen molar-refractivity contribution in [1.82, 2.24) is 4.90 Å². The number of ether oxygens (including phenoxy) is 1. The molecule has 1 fully saturated rings. The van der Waals surface area contributed by atoms with Crippen LogP contribution in [-0.2, 0) is 6.42 Å². The number of piperidine rings is 1. The first kappa shape index (κ1) is 15.7. The molecule has 0 aliphatic carbocycles. The molecular formula is C19H30N2O. The first-order chi connectivity index (χ1) is 10.7. The van der Waals surface area contributed by atoms with Crippen LogP contribution in [0.15, 0.2) is 18.2 Å². The number of benzene rings is 1. The van der Waals surface area contributed by atoms with Crippen molar-refractivity contribution in [2.24, 2.45) is 0 Å². The molecule has 1 N–H and O–H groups in total. The summed E-state index contributed by atoms with van der Waals surface area (Å²) in [5.41, 5.74) is 2.58. The van der Waals surface area contributed by atoms with Gasteiger partial charge < -0.3 is 10.1 Å². The minimum Gasteiger partial charge on any atom is -0.486 e. The number of rotatable bonds is 4. The van der Waals surface area contributed by atoms with E-state index in [0.717, 1.165) is 31.2 Å². The Morgan fingerprint density at radius 3 is 3.00 bits per heavy atom. The molecule has 0 bridgehead atoms. The second-order valence-corrected chi connectivity index (χ2v) is 7.00. The van der Waals surface area contributed by atoms with Gasteiger partial charge in [-0.3, -0.25) is 4.90 Å². The molecule has 0 spiro atoms. The van der Waals surface area contributed by atoms with Gasteiger partial charge in [-0.1, -0.05) is 19.4 Å². The molecule has 3 heteroatoms. The second kappa shape index (κ2) is 6.91. The Morgan fingerprint density at radius 1 is 1.36 bits per heavy atom. The van der Waals surface area contributed by atoms with E-state index in [0.29, 0.717) is 12.1 Å². The summed E-state index contributed by atoms with van der Waals surface area (Å²) in [5, 5.41) is 3.53. The fourth-order valence-corrected chi connectivity index (χ4v) is 3.85. The van der Waals surface area contributed by atoms with Crippen LogP contribution in [-0.4, -0.2) is 36.2 Å². The van der Waals surface area contributed by atoms with Gasteiger partial charge in [-0.25, -0.2) is 0 Å². The van der Waals surface area contributed by atoms with Crippen molar-refractivity contribution in [3.05, 3.63) is 23.8 Å². The lowest BCUT2D eigenvalue weighted by Gasteiger charge is -2.38. The van der Waals surface area contributed by atoms with Crippen LogP contribution in [0.2, 0.25) is 0 Å². The minimum atomic E-state index is 0.312. The third kappa shape index (κ3) is 3.40. The highest BCUT2D eigenvalue weighted by Crippen LogP contribution is 2.31. The van der Waals surface area contributed by atoms with Crippen LogP contribution < -0.4 is 10.1 Å². The molecule has 1 aromatic carbocycles. The Hall–Kier alpha value is -1.22. The molecule has 122 valence electrons. The standard InChI is InChI=1S/C19H30N2O/c1-4-17-13-20-18-12-16(8-9-19(18)22-17)11-15(3)21-10-6-5-7-14(21)2/h8-9,12,14-15,17,20H,4-7,10-11,13H2,1-3H3. The summed E-state index contributed by atoms with van der Waals surface area (Å²) >= 11 is 0. The molecule has 2 aliphatic rings. The van der Waals surface area contributed by atoms with Crippen molar-refractivity contribution in [3.63, 3.8) is 0 Å². The van der Waals surface area contributed by atoms with Gasteiger partial charge in [0, 0.05) is 12.1 Å². The van der Waals surface area contributed by atoms with E-state index in [4.69, 9.17) is 4.74 Å².